The van der Waals surface area contributed by atoms with Gasteiger partial charge in [0.15, 0.2) is 0 Å². The maximum absolute atomic E-state index is 11.5. The Kier molecular flexibility index (Phi) is 12.4. The summed E-state index contributed by atoms with van der Waals surface area (Å²) in [6, 6.07) is 10.3. The van der Waals surface area contributed by atoms with Gasteiger partial charge in [0, 0.05) is 25.3 Å². The van der Waals surface area contributed by atoms with Gasteiger partial charge in [-0.1, -0.05) is 68.0 Å². The smallest absolute Gasteiger partial charge is 0.219 e. The Morgan fingerprint density at radius 2 is 1.91 bits per heavy atom. The summed E-state index contributed by atoms with van der Waals surface area (Å²) < 4.78 is 0. The SMILES string of the molecule is CCCC(C[C@H](O)/C=C/[C@@H]1[C@@H](C/C=C\CCCC(=O)NCC)[C@@H](O)C[C@H]1O)c1ccccc1. The second-order valence-electron chi connectivity index (χ2n) is 9.25. The van der Waals surface area contributed by atoms with Gasteiger partial charge in [-0.05, 0) is 56.4 Å². The lowest BCUT2D eigenvalue weighted by Crippen LogP contribution is -2.21. The van der Waals surface area contributed by atoms with Crippen molar-refractivity contribution in [2.24, 2.45) is 11.8 Å². The standard InChI is InChI=1S/C28H43NO4/c1-3-12-22(21-13-8-7-9-14-21)19-23(30)17-18-25-24(26(31)20-27(25)32)15-10-5-6-11-16-28(33)29-4-2/h5,7-10,13-14,17-18,22-27,30-32H,3-4,6,11-12,15-16,19-20H2,1-2H3,(H,29,33)/b10-5-,18-17+/t22?,23-,24-,25-,26+,27-/m1/s1. The third-order valence-corrected chi connectivity index (χ3v) is 6.63. The van der Waals surface area contributed by atoms with E-state index in [1.54, 1.807) is 6.08 Å². The molecule has 33 heavy (non-hydrogen) atoms. The molecule has 5 heteroatoms. The zero-order valence-electron chi connectivity index (χ0n) is 20.3. The maximum atomic E-state index is 11.5. The molecule has 0 aromatic heterocycles. The summed E-state index contributed by atoms with van der Waals surface area (Å²) in [4.78, 5) is 11.5. The minimum atomic E-state index is -0.597. The summed E-state index contributed by atoms with van der Waals surface area (Å²) in [6.45, 7) is 4.73. The molecule has 1 aliphatic rings. The molecular weight excluding hydrogens is 414 g/mol. The first-order chi connectivity index (χ1) is 16.0. The van der Waals surface area contributed by atoms with Crippen LogP contribution in [0.5, 0.6) is 0 Å². The summed E-state index contributed by atoms with van der Waals surface area (Å²) >= 11 is 0. The highest BCUT2D eigenvalue weighted by molar-refractivity contribution is 5.75. The number of rotatable bonds is 14. The van der Waals surface area contributed by atoms with Crippen LogP contribution in [-0.2, 0) is 4.79 Å². The number of carbonyl (C=O) groups is 1. The van der Waals surface area contributed by atoms with E-state index >= 15 is 0 Å². The van der Waals surface area contributed by atoms with Crippen molar-refractivity contribution in [1.82, 2.24) is 5.32 Å². The monoisotopic (exact) mass is 457 g/mol. The molecule has 0 spiro atoms. The normalized spacial score (nSPS) is 25.0. The van der Waals surface area contributed by atoms with Crippen molar-refractivity contribution >= 4 is 5.91 Å². The topological polar surface area (TPSA) is 89.8 Å². The fourth-order valence-electron chi connectivity index (χ4n) is 4.86. The molecule has 4 N–H and O–H groups in total. The average molecular weight is 458 g/mol. The molecule has 0 saturated heterocycles. The number of nitrogens with one attached hydrogen (secondary N) is 1. The molecule has 1 fully saturated rings. The Balaban J connectivity index is 1.88. The van der Waals surface area contributed by atoms with Crippen LogP contribution in [0.4, 0.5) is 0 Å². The van der Waals surface area contributed by atoms with Gasteiger partial charge in [-0.2, -0.15) is 0 Å². The van der Waals surface area contributed by atoms with Crippen LogP contribution < -0.4 is 5.32 Å². The molecule has 0 aliphatic heterocycles. The van der Waals surface area contributed by atoms with Crippen molar-refractivity contribution in [2.45, 2.75) is 89.4 Å². The molecule has 1 unspecified atom stereocenters. The number of hydrogen-bond acceptors (Lipinski definition) is 4. The van der Waals surface area contributed by atoms with Gasteiger partial charge in [-0.3, -0.25) is 4.79 Å². The maximum Gasteiger partial charge on any atom is 0.219 e. The summed E-state index contributed by atoms with van der Waals surface area (Å²) in [5.41, 5.74) is 1.25. The Hall–Kier alpha value is -1.95. The molecule has 184 valence electrons. The van der Waals surface area contributed by atoms with Crippen LogP contribution in [0.1, 0.15) is 76.7 Å². The van der Waals surface area contributed by atoms with Gasteiger partial charge in [0.1, 0.15) is 0 Å². The molecule has 1 saturated carbocycles. The van der Waals surface area contributed by atoms with Gasteiger partial charge in [-0.25, -0.2) is 0 Å². The number of aliphatic hydroxyl groups is 3. The number of allylic oxidation sites excluding steroid dienone is 2. The predicted octanol–water partition coefficient (Wildman–Crippen LogP) is 4.49. The van der Waals surface area contributed by atoms with E-state index in [4.69, 9.17) is 0 Å². The summed E-state index contributed by atoms with van der Waals surface area (Å²) in [7, 11) is 0. The van der Waals surface area contributed by atoms with Gasteiger partial charge in [0.2, 0.25) is 5.91 Å². The minimum Gasteiger partial charge on any atom is -0.393 e. The largest absolute Gasteiger partial charge is 0.393 e. The molecule has 1 amide bonds. The Labute approximate surface area is 199 Å². The highest BCUT2D eigenvalue weighted by Crippen LogP contribution is 2.36. The van der Waals surface area contributed by atoms with Crippen LogP contribution in [0.3, 0.4) is 0 Å². The minimum absolute atomic E-state index is 0.0661. The molecule has 0 heterocycles. The average Bonchev–Trinajstić information content (AvgIpc) is 3.07. The van der Waals surface area contributed by atoms with Gasteiger partial charge in [-0.15, -0.1) is 0 Å². The van der Waals surface area contributed by atoms with E-state index in [9.17, 15) is 20.1 Å². The van der Waals surface area contributed by atoms with E-state index in [2.05, 4.69) is 30.4 Å². The quantitative estimate of drug-likeness (QED) is 0.245. The lowest BCUT2D eigenvalue weighted by Gasteiger charge is -2.21. The zero-order chi connectivity index (χ0) is 24.1. The van der Waals surface area contributed by atoms with Crippen molar-refractivity contribution in [3.8, 4) is 0 Å². The van der Waals surface area contributed by atoms with E-state index < -0.39 is 18.3 Å². The molecule has 0 bridgehead atoms. The molecule has 2 rings (SSSR count). The number of unbranched alkanes of at least 4 members (excludes halogenated alkanes) is 1. The fraction of sp³-hybridized carbons (Fsp3) is 0.607. The van der Waals surface area contributed by atoms with Crippen molar-refractivity contribution in [3.63, 3.8) is 0 Å². The Morgan fingerprint density at radius 3 is 2.61 bits per heavy atom. The van der Waals surface area contributed by atoms with Gasteiger partial charge in [0.05, 0.1) is 18.3 Å². The number of hydrogen-bond donors (Lipinski definition) is 4. The first-order valence-corrected chi connectivity index (χ1v) is 12.6. The van der Waals surface area contributed by atoms with Crippen LogP contribution in [0.2, 0.25) is 0 Å². The van der Waals surface area contributed by atoms with E-state index in [0.717, 1.165) is 25.7 Å². The number of carbonyl (C=O) groups excluding carboxylic acids is 1. The van der Waals surface area contributed by atoms with Crippen molar-refractivity contribution < 1.29 is 20.1 Å². The summed E-state index contributed by atoms with van der Waals surface area (Å²) in [5, 5.41) is 34.4. The Bertz CT molecular complexity index is 733. The third-order valence-electron chi connectivity index (χ3n) is 6.63. The molecule has 1 aliphatic carbocycles. The molecular formula is C28H43NO4. The molecule has 6 atom stereocenters. The molecule has 5 nitrogen and oxygen atoms in total. The highest BCUT2D eigenvalue weighted by Gasteiger charge is 2.39. The van der Waals surface area contributed by atoms with Crippen LogP contribution >= 0.6 is 0 Å². The van der Waals surface area contributed by atoms with Crippen LogP contribution in [0.15, 0.2) is 54.6 Å². The first kappa shape index (κ1) is 27.3. The summed E-state index contributed by atoms with van der Waals surface area (Å²) in [5.74, 6) is 0.144. The van der Waals surface area contributed by atoms with Gasteiger partial charge >= 0.3 is 0 Å². The first-order valence-electron chi connectivity index (χ1n) is 12.6. The van der Waals surface area contributed by atoms with E-state index in [0.29, 0.717) is 38.1 Å². The van der Waals surface area contributed by atoms with E-state index in [1.165, 1.54) is 5.56 Å². The van der Waals surface area contributed by atoms with Crippen LogP contribution in [0, 0.1) is 11.8 Å². The molecule has 1 aromatic rings. The number of aliphatic hydroxyl groups excluding tert-OH is 3. The van der Waals surface area contributed by atoms with Crippen LogP contribution in [0.25, 0.3) is 0 Å². The zero-order valence-corrected chi connectivity index (χ0v) is 20.3. The van der Waals surface area contributed by atoms with Crippen molar-refractivity contribution in [2.75, 3.05) is 6.54 Å². The van der Waals surface area contributed by atoms with E-state index in [1.807, 2.05) is 37.3 Å². The number of amides is 1. The highest BCUT2D eigenvalue weighted by atomic mass is 16.3. The van der Waals surface area contributed by atoms with E-state index in [-0.39, 0.29) is 17.7 Å². The van der Waals surface area contributed by atoms with Crippen LogP contribution in [-0.4, -0.2) is 46.1 Å². The lowest BCUT2D eigenvalue weighted by atomic mass is 9.87. The second kappa shape index (κ2) is 15.0. The number of benzene rings is 1. The summed E-state index contributed by atoms with van der Waals surface area (Å²) in [6.07, 6.45) is 12.0. The molecule has 0 radical (unpaired) electrons. The Morgan fingerprint density at radius 1 is 1.15 bits per heavy atom. The third kappa shape index (κ3) is 9.44. The predicted molar refractivity (Wildman–Crippen MR) is 134 cm³/mol. The lowest BCUT2D eigenvalue weighted by molar-refractivity contribution is -0.121. The molecule has 1 aromatic carbocycles. The van der Waals surface area contributed by atoms with Crippen molar-refractivity contribution in [3.05, 3.63) is 60.2 Å². The van der Waals surface area contributed by atoms with Gasteiger partial charge in [0.25, 0.3) is 0 Å². The fourth-order valence-corrected chi connectivity index (χ4v) is 4.86. The second-order valence-corrected chi connectivity index (χ2v) is 9.25. The van der Waals surface area contributed by atoms with Crippen molar-refractivity contribution in [1.29, 1.82) is 0 Å². The van der Waals surface area contributed by atoms with Gasteiger partial charge < -0.3 is 20.6 Å².